The van der Waals surface area contributed by atoms with Crippen molar-refractivity contribution >= 4 is 15.9 Å². The summed E-state index contributed by atoms with van der Waals surface area (Å²) in [6.45, 7) is 6.84. The number of rotatable bonds is 3. The van der Waals surface area contributed by atoms with Crippen LogP contribution < -0.4 is 0 Å². The van der Waals surface area contributed by atoms with E-state index in [9.17, 15) is 0 Å². The van der Waals surface area contributed by atoms with E-state index >= 15 is 0 Å². The van der Waals surface area contributed by atoms with Crippen molar-refractivity contribution in [2.75, 3.05) is 5.33 Å². The number of alkyl halides is 1. The molecule has 0 nitrogen and oxygen atoms in total. The minimum absolute atomic E-state index is 0.840. The molecule has 1 atom stereocenters. The number of hydrogen-bond acceptors (Lipinski definition) is 0. The lowest BCUT2D eigenvalue weighted by molar-refractivity contribution is 0.411. The van der Waals surface area contributed by atoms with Gasteiger partial charge in [-0.1, -0.05) is 36.7 Å². The molecule has 0 spiro atoms. The number of hydrogen-bond donors (Lipinski definition) is 0. The largest absolute Gasteiger partial charge is 0.0928 e. The molecule has 0 aromatic carbocycles. The summed E-state index contributed by atoms with van der Waals surface area (Å²) in [6, 6.07) is 0. The Hall–Kier alpha value is 0.480. The molecule has 0 fully saturated rings. The average Bonchev–Trinajstić information content (AvgIpc) is 1.67. The maximum absolute atomic E-state index is 3.42. The van der Waals surface area contributed by atoms with E-state index in [2.05, 4.69) is 36.7 Å². The van der Waals surface area contributed by atoms with E-state index in [-0.39, 0.29) is 0 Å². The molecule has 0 N–H and O–H groups in total. The second-order valence-corrected chi connectivity index (χ2v) is 3.49. The second kappa shape index (κ2) is 4.37. The molecule has 0 aliphatic carbocycles. The first-order chi connectivity index (χ1) is 3.68. The molecule has 0 saturated heterocycles. The molecule has 1 unspecified atom stereocenters. The molecule has 0 rings (SSSR count). The Morgan fingerprint density at radius 1 is 1.25 bits per heavy atom. The molecule has 0 aliphatic heterocycles. The van der Waals surface area contributed by atoms with Gasteiger partial charge in [0.25, 0.3) is 0 Å². The first-order valence-corrected chi connectivity index (χ1v) is 4.36. The zero-order valence-electron chi connectivity index (χ0n) is 5.95. The molecule has 0 bridgehead atoms. The summed E-state index contributed by atoms with van der Waals surface area (Å²) in [6.07, 6.45) is 1.30. The normalized spacial score (nSPS) is 14.6. The van der Waals surface area contributed by atoms with Crippen LogP contribution in [0.2, 0.25) is 0 Å². The van der Waals surface area contributed by atoms with E-state index in [0.717, 1.165) is 17.2 Å². The molecule has 0 aromatic heterocycles. The summed E-state index contributed by atoms with van der Waals surface area (Å²) in [5, 5.41) is 1.15. The zero-order valence-corrected chi connectivity index (χ0v) is 7.53. The molecule has 0 aromatic rings. The van der Waals surface area contributed by atoms with Crippen molar-refractivity contribution < 1.29 is 0 Å². The Labute approximate surface area is 60.8 Å². The maximum Gasteiger partial charge on any atom is 0.00339 e. The van der Waals surface area contributed by atoms with Crippen molar-refractivity contribution in [3.8, 4) is 0 Å². The first-order valence-electron chi connectivity index (χ1n) is 3.24. The van der Waals surface area contributed by atoms with E-state index < -0.39 is 0 Å². The Bertz CT molecular complexity index is 50.3. The third-order valence-corrected chi connectivity index (χ3v) is 2.16. The Balaban J connectivity index is 3.17. The highest BCUT2D eigenvalue weighted by atomic mass is 79.9. The van der Waals surface area contributed by atoms with Gasteiger partial charge in [0, 0.05) is 5.33 Å². The molecule has 1 heteroatoms. The van der Waals surface area contributed by atoms with Crippen molar-refractivity contribution in [3.05, 3.63) is 0 Å². The van der Waals surface area contributed by atoms with Gasteiger partial charge in [-0.05, 0) is 18.3 Å². The van der Waals surface area contributed by atoms with Crippen LogP contribution in [-0.2, 0) is 0 Å². The van der Waals surface area contributed by atoms with Crippen LogP contribution in [0, 0.1) is 11.8 Å². The van der Waals surface area contributed by atoms with Crippen molar-refractivity contribution in [2.24, 2.45) is 11.8 Å². The summed E-state index contributed by atoms with van der Waals surface area (Å²) in [5.74, 6) is 1.71. The lowest BCUT2D eigenvalue weighted by atomic mass is 9.96. The second-order valence-electron chi connectivity index (χ2n) is 2.70. The van der Waals surface area contributed by atoms with Crippen LogP contribution in [0.1, 0.15) is 27.2 Å². The van der Waals surface area contributed by atoms with Gasteiger partial charge >= 0.3 is 0 Å². The third kappa shape index (κ3) is 3.48. The van der Waals surface area contributed by atoms with Crippen LogP contribution in [-0.4, -0.2) is 5.33 Å². The molecule has 0 heterocycles. The fourth-order valence-corrected chi connectivity index (χ4v) is 1.23. The van der Waals surface area contributed by atoms with E-state index in [1.54, 1.807) is 0 Å². The fourth-order valence-electron chi connectivity index (χ4n) is 0.505. The molecule has 0 aliphatic rings. The Kier molecular flexibility index (Phi) is 4.63. The quantitative estimate of drug-likeness (QED) is 0.584. The molecule has 50 valence electrons. The molecule has 0 amide bonds. The Morgan fingerprint density at radius 3 is 1.88 bits per heavy atom. The van der Waals surface area contributed by atoms with Crippen molar-refractivity contribution in [3.63, 3.8) is 0 Å². The van der Waals surface area contributed by atoms with Gasteiger partial charge in [0.1, 0.15) is 0 Å². The van der Waals surface area contributed by atoms with Gasteiger partial charge in [-0.25, -0.2) is 0 Å². The van der Waals surface area contributed by atoms with Gasteiger partial charge in [-0.15, -0.1) is 0 Å². The predicted octanol–water partition coefficient (Wildman–Crippen LogP) is 3.06. The highest BCUT2D eigenvalue weighted by Crippen LogP contribution is 2.14. The fraction of sp³-hybridized carbons (Fsp3) is 1.00. The van der Waals surface area contributed by atoms with Crippen LogP contribution >= 0.6 is 15.9 Å². The summed E-state index contributed by atoms with van der Waals surface area (Å²) >= 11 is 3.42. The van der Waals surface area contributed by atoms with Gasteiger partial charge in [-0.3, -0.25) is 0 Å². The lowest BCUT2D eigenvalue weighted by Crippen LogP contribution is -2.03. The van der Waals surface area contributed by atoms with Gasteiger partial charge < -0.3 is 0 Å². The van der Waals surface area contributed by atoms with Crippen LogP contribution in [0.5, 0.6) is 0 Å². The maximum atomic E-state index is 3.42. The van der Waals surface area contributed by atoms with Crippen molar-refractivity contribution in [1.29, 1.82) is 0 Å². The average molecular weight is 179 g/mol. The summed E-state index contributed by atoms with van der Waals surface area (Å²) in [4.78, 5) is 0. The van der Waals surface area contributed by atoms with E-state index in [1.165, 1.54) is 6.42 Å². The van der Waals surface area contributed by atoms with Crippen molar-refractivity contribution in [1.82, 2.24) is 0 Å². The zero-order chi connectivity index (χ0) is 6.57. The van der Waals surface area contributed by atoms with E-state index in [0.29, 0.717) is 0 Å². The van der Waals surface area contributed by atoms with E-state index in [1.807, 2.05) is 0 Å². The minimum atomic E-state index is 0.840. The third-order valence-electron chi connectivity index (χ3n) is 1.70. The van der Waals surface area contributed by atoms with Crippen molar-refractivity contribution in [2.45, 2.75) is 27.2 Å². The van der Waals surface area contributed by atoms with Gasteiger partial charge in [0.15, 0.2) is 0 Å². The molecular weight excluding hydrogens is 164 g/mol. The van der Waals surface area contributed by atoms with E-state index in [4.69, 9.17) is 0 Å². The van der Waals surface area contributed by atoms with Crippen LogP contribution in [0.4, 0.5) is 0 Å². The summed E-state index contributed by atoms with van der Waals surface area (Å²) in [5.41, 5.74) is 0. The SMILES string of the molecule is CC(C)C(C)CCBr. The molecule has 0 radical (unpaired) electrons. The Morgan fingerprint density at radius 2 is 1.75 bits per heavy atom. The summed E-state index contributed by atoms with van der Waals surface area (Å²) < 4.78 is 0. The van der Waals surface area contributed by atoms with Gasteiger partial charge in [0.2, 0.25) is 0 Å². The summed E-state index contributed by atoms with van der Waals surface area (Å²) in [7, 11) is 0. The highest BCUT2D eigenvalue weighted by Gasteiger charge is 2.03. The highest BCUT2D eigenvalue weighted by molar-refractivity contribution is 9.09. The lowest BCUT2D eigenvalue weighted by Gasteiger charge is -2.12. The molecular formula is C7H15Br. The van der Waals surface area contributed by atoms with Crippen LogP contribution in [0.25, 0.3) is 0 Å². The van der Waals surface area contributed by atoms with Gasteiger partial charge in [-0.2, -0.15) is 0 Å². The minimum Gasteiger partial charge on any atom is -0.0928 e. The number of halogens is 1. The van der Waals surface area contributed by atoms with Crippen LogP contribution in [0.3, 0.4) is 0 Å². The van der Waals surface area contributed by atoms with Gasteiger partial charge in [0.05, 0.1) is 0 Å². The molecule has 8 heavy (non-hydrogen) atoms. The van der Waals surface area contributed by atoms with Crippen LogP contribution in [0.15, 0.2) is 0 Å². The topological polar surface area (TPSA) is 0 Å². The first kappa shape index (κ1) is 8.48. The smallest absolute Gasteiger partial charge is 0.00339 e. The predicted molar refractivity (Wildman–Crippen MR) is 42.4 cm³/mol. The monoisotopic (exact) mass is 178 g/mol. The molecule has 0 saturated carbocycles. The standard InChI is InChI=1S/C7H15Br/c1-6(2)7(3)4-5-8/h6-7H,4-5H2,1-3H3.